The van der Waals surface area contributed by atoms with Crippen LogP contribution in [0.25, 0.3) is 10.2 Å². The molecule has 7 nitrogen and oxygen atoms in total. The molecule has 35 heavy (non-hydrogen) atoms. The second-order valence-electron chi connectivity index (χ2n) is 9.68. The van der Waals surface area contributed by atoms with E-state index in [0.29, 0.717) is 30.0 Å². The highest BCUT2D eigenvalue weighted by atomic mass is 32.1. The maximum Gasteiger partial charge on any atom is 0.261 e. The van der Waals surface area contributed by atoms with Crippen LogP contribution in [-0.2, 0) is 11.3 Å². The lowest BCUT2D eigenvalue weighted by molar-refractivity contribution is 0.0392. The molecule has 0 bridgehead atoms. The van der Waals surface area contributed by atoms with E-state index in [9.17, 15) is 4.79 Å². The maximum atomic E-state index is 13.0. The average molecular weight is 495 g/mol. The smallest absolute Gasteiger partial charge is 0.261 e. The molecular formula is C27H34N4O3S. The molecule has 1 aliphatic carbocycles. The molecule has 1 N–H and O–H groups in total. The third-order valence-electron chi connectivity index (χ3n) is 7.02. The highest BCUT2D eigenvalue weighted by Crippen LogP contribution is 2.40. The van der Waals surface area contributed by atoms with E-state index in [2.05, 4.69) is 17.3 Å². The van der Waals surface area contributed by atoms with Crippen LogP contribution >= 0.6 is 11.3 Å². The lowest BCUT2D eigenvalue weighted by Crippen LogP contribution is -2.38. The van der Waals surface area contributed by atoms with Gasteiger partial charge in [-0.05, 0) is 69.8 Å². The number of thiophene rings is 1. The first kappa shape index (κ1) is 24.2. The standard InChI is InChI=1S/C27H34N4O3S/c1-17-23-18(2)29-25(20-7-8-20)30-27(23)35-24(17)26(32)28-16-19-5-4-6-22(15-19)34-14-11-31(3)21-9-12-33-13-10-21/h4-6,15,20-21H,7-14,16H2,1-3H3,(H,28,32). The second-order valence-corrected chi connectivity index (χ2v) is 10.7. The number of aromatic nitrogens is 2. The van der Waals surface area contributed by atoms with Gasteiger partial charge in [-0.1, -0.05) is 12.1 Å². The van der Waals surface area contributed by atoms with Crippen molar-refractivity contribution < 1.29 is 14.3 Å². The van der Waals surface area contributed by atoms with E-state index in [-0.39, 0.29) is 5.91 Å². The molecule has 3 aromatic rings. The van der Waals surface area contributed by atoms with Crippen molar-refractivity contribution in [3.8, 4) is 5.75 Å². The molecule has 3 heterocycles. The summed E-state index contributed by atoms with van der Waals surface area (Å²) >= 11 is 1.47. The number of ether oxygens (including phenoxy) is 2. The molecule has 186 valence electrons. The fourth-order valence-electron chi connectivity index (χ4n) is 4.72. The minimum Gasteiger partial charge on any atom is -0.492 e. The van der Waals surface area contributed by atoms with Crippen molar-refractivity contribution in [2.75, 3.05) is 33.4 Å². The van der Waals surface area contributed by atoms with Crippen LogP contribution in [0.2, 0.25) is 0 Å². The lowest BCUT2D eigenvalue weighted by atomic mass is 10.1. The Morgan fingerprint density at radius 3 is 2.77 bits per heavy atom. The van der Waals surface area contributed by atoms with Gasteiger partial charge in [0.15, 0.2) is 0 Å². The number of amides is 1. The number of nitrogens with one attached hydrogen (secondary N) is 1. The topological polar surface area (TPSA) is 76.6 Å². The van der Waals surface area contributed by atoms with Crippen molar-refractivity contribution in [1.29, 1.82) is 0 Å². The Hall–Kier alpha value is -2.55. The number of fused-ring (bicyclic) bond motifs is 1. The number of hydrogen-bond donors (Lipinski definition) is 1. The molecule has 0 spiro atoms. The normalized spacial score (nSPS) is 16.7. The van der Waals surface area contributed by atoms with E-state index < -0.39 is 0 Å². The SMILES string of the molecule is Cc1nc(C2CC2)nc2sc(C(=O)NCc3cccc(OCCN(C)C4CCOCC4)c3)c(C)c12. The molecule has 0 unspecified atom stereocenters. The summed E-state index contributed by atoms with van der Waals surface area (Å²) in [5.74, 6) is 2.18. The number of carbonyl (C=O) groups is 1. The molecular weight excluding hydrogens is 460 g/mol. The molecule has 1 amide bonds. The molecule has 2 aliphatic rings. The fraction of sp³-hybridized carbons (Fsp3) is 0.519. The Balaban J connectivity index is 1.17. The predicted octanol–water partition coefficient (Wildman–Crippen LogP) is 4.61. The van der Waals surface area contributed by atoms with Gasteiger partial charge in [0.2, 0.25) is 0 Å². The summed E-state index contributed by atoms with van der Waals surface area (Å²) < 4.78 is 11.5. The van der Waals surface area contributed by atoms with Crippen molar-refractivity contribution in [2.45, 2.75) is 58.0 Å². The Kier molecular flexibility index (Phi) is 7.32. The molecule has 1 aromatic carbocycles. The zero-order chi connectivity index (χ0) is 24.4. The molecule has 2 aromatic heterocycles. The first-order valence-electron chi connectivity index (χ1n) is 12.5. The van der Waals surface area contributed by atoms with Crippen LogP contribution in [0.5, 0.6) is 5.75 Å². The van der Waals surface area contributed by atoms with Crippen molar-refractivity contribution in [2.24, 2.45) is 0 Å². The van der Waals surface area contributed by atoms with Crippen molar-refractivity contribution in [1.82, 2.24) is 20.2 Å². The predicted molar refractivity (Wildman–Crippen MR) is 138 cm³/mol. The van der Waals surface area contributed by atoms with E-state index in [4.69, 9.17) is 19.4 Å². The van der Waals surface area contributed by atoms with Crippen LogP contribution in [0, 0.1) is 13.8 Å². The van der Waals surface area contributed by atoms with Crippen molar-refractivity contribution in [3.05, 3.63) is 51.8 Å². The van der Waals surface area contributed by atoms with E-state index in [1.807, 2.05) is 38.1 Å². The van der Waals surface area contributed by atoms with Crippen LogP contribution in [-0.4, -0.2) is 60.2 Å². The quantitative estimate of drug-likeness (QED) is 0.468. The van der Waals surface area contributed by atoms with Gasteiger partial charge in [-0.25, -0.2) is 9.97 Å². The highest BCUT2D eigenvalue weighted by molar-refractivity contribution is 7.20. The third-order valence-corrected chi connectivity index (χ3v) is 8.20. The molecule has 1 saturated heterocycles. The summed E-state index contributed by atoms with van der Waals surface area (Å²) in [4.78, 5) is 26.5. The molecule has 1 saturated carbocycles. The summed E-state index contributed by atoms with van der Waals surface area (Å²) in [6.07, 6.45) is 4.49. The van der Waals surface area contributed by atoms with Gasteiger partial charge in [-0.2, -0.15) is 0 Å². The van der Waals surface area contributed by atoms with Gasteiger partial charge in [0.25, 0.3) is 5.91 Å². The average Bonchev–Trinajstić information content (AvgIpc) is 3.66. The molecule has 0 radical (unpaired) electrons. The fourth-order valence-corrected chi connectivity index (χ4v) is 5.88. The minimum absolute atomic E-state index is 0.0673. The summed E-state index contributed by atoms with van der Waals surface area (Å²) in [5, 5.41) is 4.10. The second kappa shape index (κ2) is 10.6. The van der Waals surface area contributed by atoms with Crippen LogP contribution in [0.3, 0.4) is 0 Å². The number of likely N-dealkylation sites (N-methyl/N-ethyl adjacent to an activating group) is 1. The van der Waals surface area contributed by atoms with Crippen LogP contribution in [0.15, 0.2) is 24.3 Å². The molecule has 2 fully saturated rings. The zero-order valence-electron chi connectivity index (χ0n) is 20.8. The summed E-state index contributed by atoms with van der Waals surface area (Å²) in [6.45, 7) is 7.66. The number of nitrogens with zero attached hydrogens (tertiary/aromatic N) is 3. The van der Waals surface area contributed by atoms with Crippen LogP contribution in [0.1, 0.15) is 63.9 Å². The van der Waals surface area contributed by atoms with Gasteiger partial charge in [-0.15, -0.1) is 11.3 Å². The summed E-state index contributed by atoms with van der Waals surface area (Å²) in [5.41, 5.74) is 2.95. The number of aryl methyl sites for hydroxylation is 2. The molecule has 1 aliphatic heterocycles. The number of hydrogen-bond acceptors (Lipinski definition) is 7. The third kappa shape index (κ3) is 5.66. The number of rotatable bonds is 9. The molecule has 5 rings (SSSR count). The van der Waals surface area contributed by atoms with Gasteiger partial charge < -0.3 is 14.8 Å². The van der Waals surface area contributed by atoms with E-state index in [1.54, 1.807) is 0 Å². The number of carbonyl (C=O) groups excluding carboxylic acids is 1. The van der Waals surface area contributed by atoms with Crippen molar-refractivity contribution >= 4 is 27.5 Å². The van der Waals surface area contributed by atoms with Gasteiger partial charge in [0.05, 0.1) is 10.6 Å². The summed E-state index contributed by atoms with van der Waals surface area (Å²) in [7, 11) is 2.15. The maximum absolute atomic E-state index is 13.0. The van der Waals surface area contributed by atoms with E-state index in [1.165, 1.54) is 11.3 Å². The van der Waals surface area contributed by atoms with E-state index in [0.717, 1.165) is 84.1 Å². The van der Waals surface area contributed by atoms with Gasteiger partial charge >= 0.3 is 0 Å². The minimum atomic E-state index is -0.0673. The Morgan fingerprint density at radius 2 is 2.00 bits per heavy atom. The van der Waals surface area contributed by atoms with Crippen molar-refractivity contribution in [3.63, 3.8) is 0 Å². The van der Waals surface area contributed by atoms with Gasteiger partial charge in [0, 0.05) is 43.6 Å². The monoisotopic (exact) mass is 494 g/mol. The molecule has 0 atom stereocenters. The Bertz CT molecular complexity index is 1200. The molecule has 8 heteroatoms. The zero-order valence-corrected chi connectivity index (χ0v) is 21.6. The van der Waals surface area contributed by atoms with Gasteiger partial charge in [-0.3, -0.25) is 9.69 Å². The lowest BCUT2D eigenvalue weighted by Gasteiger charge is -2.31. The Labute approximate surface area is 210 Å². The number of benzene rings is 1. The van der Waals surface area contributed by atoms with Crippen LogP contribution in [0.4, 0.5) is 0 Å². The first-order chi connectivity index (χ1) is 17.0. The largest absolute Gasteiger partial charge is 0.492 e. The Morgan fingerprint density at radius 1 is 1.20 bits per heavy atom. The van der Waals surface area contributed by atoms with Crippen LogP contribution < -0.4 is 10.1 Å². The highest BCUT2D eigenvalue weighted by Gasteiger charge is 2.28. The summed E-state index contributed by atoms with van der Waals surface area (Å²) in [6, 6.07) is 8.53. The first-order valence-corrected chi connectivity index (χ1v) is 13.4. The van der Waals surface area contributed by atoms with E-state index >= 15 is 0 Å². The van der Waals surface area contributed by atoms with Gasteiger partial charge in [0.1, 0.15) is 23.0 Å².